The van der Waals surface area contributed by atoms with E-state index in [4.69, 9.17) is 0 Å². The molecule has 2 atom stereocenters. The maximum absolute atomic E-state index is 11.3. The highest BCUT2D eigenvalue weighted by atomic mass is 16.4. The van der Waals surface area contributed by atoms with Crippen molar-refractivity contribution in [2.75, 3.05) is 0 Å². The molecule has 2 aliphatic carbocycles. The van der Waals surface area contributed by atoms with Gasteiger partial charge in [0.1, 0.15) is 0 Å². The van der Waals surface area contributed by atoms with Crippen molar-refractivity contribution in [2.45, 2.75) is 39.0 Å². The van der Waals surface area contributed by atoms with E-state index in [2.05, 4.69) is 13.0 Å². The molecule has 0 saturated heterocycles. The number of fused-ring (bicyclic) bond motifs is 1. The molecule has 0 radical (unpaired) electrons. The van der Waals surface area contributed by atoms with Crippen LogP contribution in [0, 0.1) is 10.8 Å². The van der Waals surface area contributed by atoms with Crippen LogP contribution in [0.4, 0.5) is 0 Å². The third-order valence-corrected chi connectivity index (χ3v) is 4.10. The highest BCUT2D eigenvalue weighted by Crippen LogP contribution is 2.59. The summed E-state index contributed by atoms with van der Waals surface area (Å²) < 4.78 is 0. The first-order chi connectivity index (χ1) is 6.11. The van der Waals surface area contributed by atoms with Crippen LogP contribution in [0.1, 0.15) is 39.0 Å². The largest absolute Gasteiger partial charge is 0.481 e. The van der Waals surface area contributed by atoms with Crippen molar-refractivity contribution in [2.24, 2.45) is 10.8 Å². The average molecular weight is 180 g/mol. The Balaban J connectivity index is 2.42. The van der Waals surface area contributed by atoms with Gasteiger partial charge in [-0.1, -0.05) is 25.5 Å². The molecule has 2 heteroatoms. The summed E-state index contributed by atoms with van der Waals surface area (Å²) >= 11 is 0. The van der Waals surface area contributed by atoms with Crippen LogP contribution in [0.2, 0.25) is 0 Å². The maximum Gasteiger partial charge on any atom is 0.310 e. The molecule has 1 saturated carbocycles. The minimum Gasteiger partial charge on any atom is -0.481 e. The number of hydrogen-bond acceptors (Lipinski definition) is 1. The first-order valence-corrected chi connectivity index (χ1v) is 4.99. The lowest BCUT2D eigenvalue weighted by Gasteiger charge is -2.42. The Kier molecular flexibility index (Phi) is 1.76. The topological polar surface area (TPSA) is 37.3 Å². The van der Waals surface area contributed by atoms with E-state index in [0.29, 0.717) is 0 Å². The number of aliphatic carboxylic acids is 1. The van der Waals surface area contributed by atoms with Gasteiger partial charge < -0.3 is 5.11 Å². The van der Waals surface area contributed by atoms with Crippen LogP contribution in [-0.4, -0.2) is 11.1 Å². The van der Waals surface area contributed by atoms with Crippen molar-refractivity contribution >= 4 is 5.97 Å². The van der Waals surface area contributed by atoms with Crippen molar-refractivity contribution in [1.82, 2.24) is 0 Å². The van der Waals surface area contributed by atoms with E-state index in [1.165, 1.54) is 0 Å². The predicted molar refractivity (Wildman–Crippen MR) is 50.4 cm³/mol. The summed E-state index contributed by atoms with van der Waals surface area (Å²) in [4.78, 5) is 11.3. The summed E-state index contributed by atoms with van der Waals surface area (Å²) in [6.07, 6.45) is 8.88. The zero-order chi connectivity index (χ0) is 9.53. The van der Waals surface area contributed by atoms with Crippen molar-refractivity contribution in [3.05, 3.63) is 12.2 Å². The quantitative estimate of drug-likeness (QED) is 0.630. The molecule has 0 spiro atoms. The van der Waals surface area contributed by atoms with Crippen LogP contribution in [0.25, 0.3) is 0 Å². The zero-order valence-electron chi connectivity index (χ0n) is 8.05. The number of carboxylic acids is 1. The van der Waals surface area contributed by atoms with Crippen molar-refractivity contribution in [1.29, 1.82) is 0 Å². The molecule has 1 N–H and O–H groups in total. The van der Waals surface area contributed by atoms with Gasteiger partial charge >= 0.3 is 5.97 Å². The van der Waals surface area contributed by atoms with Gasteiger partial charge in [-0.2, -0.15) is 0 Å². The Morgan fingerprint density at radius 2 is 2.00 bits per heavy atom. The number of allylic oxidation sites excluding steroid dienone is 2. The molecular formula is C11H16O2. The SMILES string of the molecule is C[C@@]12CC=CC[C@]1(C(=O)O)CCC2. The molecule has 0 aromatic carbocycles. The molecule has 0 aromatic heterocycles. The van der Waals surface area contributed by atoms with Gasteiger partial charge in [-0.05, 0) is 31.1 Å². The van der Waals surface area contributed by atoms with E-state index in [-0.39, 0.29) is 5.41 Å². The standard InChI is InChI=1S/C11H16O2/c1-10-5-2-3-7-11(10,9(12)13)8-4-6-10/h2-3H,4-8H2,1H3,(H,12,13)/t10-,11+/m0/s1. The molecule has 2 aliphatic rings. The summed E-state index contributed by atoms with van der Waals surface area (Å²) in [6.45, 7) is 2.14. The molecule has 1 fully saturated rings. The lowest BCUT2D eigenvalue weighted by molar-refractivity contribution is -0.155. The van der Waals surface area contributed by atoms with E-state index in [9.17, 15) is 9.90 Å². The highest BCUT2D eigenvalue weighted by Gasteiger charge is 2.56. The fourth-order valence-electron chi connectivity index (χ4n) is 3.05. The number of rotatable bonds is 1. The van der Waals surface area contributed by atoms with Crippen molar-refractivity contribution in [3.8, 4) is 0 Å². The normalized spacial score (nSPS) is 43.2. The fourth-order valence-corrected chi connectivity index (χ4v) is 3.05. The van der Waals surface area contributed by atoms with Crippen LogP contribution in [0.5, 0.6) is 0 Å². The van der Waals surface area contributed by atoms with Crippen LogP contribution >= 0.6 is 0 Å². The maximum atomic E-state index is 11.3. The second-order valence-electron chi connectivity index (χ2n) is 4.68. The van der Waals surface area contributed by atoms with E-state index in [1.54, 1.807) is 0 Å². The lowest BCUT2D eigenvalue weighted by Crippen LogP contribution is -2.43. The van der Waals surface area contributed by atoms with E-state index < -0.39 is 11.4 Å². The van der Waals surface area contributed by atoms with Gasteiger partial charge in [0.25, 0.3) is 0 Å². The van der Waals surface area contributed by atoms with Gasteiger partial charge in [-0.3, -0.25) is 4.79 Å². The van der Waals surface area contributed by atoms with Gasteiger partial charge in [-0.15, -0.1) is 0 Å². The fraction of sp³-hybridized carbons (Fsp3) is 0.727. The van der Waals surface area contributed by atoms with Crippen LogP contribution in [0.3, 0.4) is 0 Å². The minimum atomic E-state index is -0.586. The summed E-state index contributed by atoms with van der Waals surface area (Å²) in [6, 6.07) is 0. The predicted octanol–water partition coefficient (Wildman–Crippen LogP) is 2.60. The Bertz CT molecular complexity index is 269. The molecular weight excluding hydrogens is 164 g/mol. The lowest BCUT2D eigenvalue weighted by atomic mass is 9.61. The summed E-state index contributed by atoms with van der Waals surface area (Å²) in [5.74, 6) is -0.586. The Hall–Kier alpha value is -0.790. The Labute approximate surface area is 78.6 Å². The van der Waals surface area contributed by atoms with E-state index >= 15 is 0 Å². The van der Waals surface area contributed by atoms with Gasteiger partial charge in [0.2, 0.25) is 0 Å². The van der Waals surface area contributed by atoms with Gasteiger partial charge in [0, 0.05) is 0 Å². The molecule has 13 heavy (non-hydrogen) atoms. The van der Waals surface area contributed by atoms with Crippen molar-refractivity contribution in [3.63, 3.8) is 0 Å². The van der Waals surface area contributed by atoms with Crippen LogP contribution in [-0.2, 0) is 4.79 Å². The monoisotopic (exact) mass is 180 g/mol. The first kappa shape index (κ1) is 8.79. The zero-order valence-corrected chi connectivity index (χ0v) is 8.05. The summed E-state index contributed by atoms with van der Waals surface area (Å²) in [7, 11) is 0. The molecule has 2 nitrogen and oxygen atoms in total. The molecule has 2 rings (SSSR count). The number of hydrogen-bond donors (Lipinski definition) is 1. The number of carbonyl (C=O) groups is 1. The van der Waals surface area contributed by atoms with Crippen molar-refractivity contribution < 1.29 is 9.90 Å². The molecule has 0 bridgehead atoms. The molecule has 0 aliphatic heterocycles. The minimum absolute atomic E-state index is 0.0214. The highest BCUT2D eigenvalue weighted by molar-refractivity contribution is 5.77. The summed E-state index contributed by atoms with van der Waals surface area (Å²) in [5, 5.41) is 9.33. The molecule has 0 heterocycles. The van der Waals surface area contributed by atoms with Gasteiger partial charge in [-0.25, -0.2) is 0 Å². The molecule has 0 aromatic rings. The number of carboxylic acid groups (broad SMARTS) is 1. The molecule has 0 amide bonds. The second-order valence-corrected chi connectivity index (χ2v) is 4.68. The van der Waals surface area contributed by atoms with Gasteiger partial charge in [0.05, 0.1) is 5.41 Å². The molecule has 0 unspecified atom stereocenters. The Morgan fingerprint density at radius 1 is 1.31 bits per heavy atom. The van der Waals surface area contributed by atoms with Crippen LogP contribution in [0.15, 0.2) is 12.2 Å². The first-order valence-electron chi connectivity index (χ1n) is 4.99. The Morgan fingerprint density at radius 3 is 2.62 bits per heavy atom. The van der Waals surface area contributed by atoms with E-state index in [1.807, 2.05) is 6.08 Å². The third kappa shape index (κ3) is 0.976. The van der Waals surface area contributed by atoms with Gasteiger partial charge in [0.15, 0.2) is 0 Å². The average Bonchev–Trinajstić information content (AvgIpc) is 2.42. The molecule has 72 valence electrons. The third-order valence-electron chi connectivity index (χ3n) is 4.10. The summed E-state index contributed by atoms with van der Waals surface area (Å²) in [5.41, 5.74) is -0.421. The van der Waals surface area contributed by atoms with Crippen LogP contribution < -0.4 is 0 Å². The van der Waals surface area contributed by atoms with E-state index in [0.717, 1.165) is 32.1 Å². The second kappa shape index (κ2) is 2.60. The smallest absolute Gasteiger partial charge is 0.310 e.